The van der Waals surface area contributed by atoms with Crippen LogP contribution >= 0.6 is 0 Å². The number of aliphatic carboxylic acids is 1. The molecule has 88 valence electrons. The third-order valence-corrected chi connectivity index (χ3v) is 3.22. The number of hydrogen-bond donors (Lipinski definition) is 3. The number of nitrogens with one attached hydrogen (secondary N) is 2. The molecule has 0 spiro atoms. The van der Waals surface area contributed by atoms with E-state index < -0.39 is 22.0 Å². The fourth-order valence-corrected chi connectivity index (χ4v) is 2.11. The molecule has 0 aromatic carbocycles. The Hall–Kier alpha value is -1.67. The Kier molecular flexibility index (Phi) is 3.80. The lowest BCUT2D eigenvalue weighted by Gasteiger charge is -2.11. The van der Waals surface area contributed by atoms with Gasteiger partial charge in [-0.2, -0.15) is 9.82 Å². The van der Waals surface area contributed by atoms with E-state index in [-0.39, 0.29) is 11.3 Å². The van der Waals surface area contributed by atoms with Crippen LogP contribution in [0.25, 0.3) is 0 Å². The van der Waals surface area contributed by atoms with Gasteiger partial charge < -0.3 is 5.11 Å². The van der Waals surface area contributed by atoms with Gasteiger partial charge in [-0.25, -0.2) is 8.42 Å². The second kappa shape index (κ2) is 4.90. The lowest BCUT2D eigenvalue weighted by Crippen LogP contribution is -2.40. The molecule has 3 N–H and O–H groups in total. The Morgan fingerprint density at radius 1 is 1.75 bits per heavy atom. The van der Waals surface area contributed by atoms with Crippen molar-refractivity contribution in [3.63, 3.8) is 0 Å². The maximum absolute atomic E-state index is 11.6. The van der Waals surface area contributed by atoms with Gasteiger partial charge in [0.1, 0.15) is 10.9 Å². The minimum Gasteiger partial charge on any atom is -0.480 e. The molecule has 0 saturated carbocycles. The minimum atomic E-state index is -3.86. The summed E-state index contributed by atoms with van der Waals surface area (Å²) in [4.78, 5) is 10.6. The van der Waals surface area contributed by atoms with Crippen molar-refractivity contribution in [2.24, 2.45) is 0 Å². The predicted molar refractivity (Wildman–Crippen MR) is 55.1 cm³/mol. The lowest BCUT2D eigenvalue weighted by molar-refractivity contribution is -0.138. The molecule has 1 rings (SSSR count). The Labute approximate surface area is 92.2 Å². The molecule has 0 bridgehead atoms. The van der Waals surface area contributed by atoms with Gasteiger partial charge >= 0.3 is 5.97 Å². The minimum absolute atomic E-state index is 0.00636. The zero-order chi connectivity index (χ0) is 12.2. The van der Waals surface area contributed by atoms with E-state index in [1.807, 2.05) is 4.72 Å². The molecule has 1 aromatic rings. The number of sulfonamides is 1. The summed E-state index contributed by atoms with van der Waals surface area (Å²) in [7, 11) is -3.86. The van der Waals surface area contributed by atoms with E-state index in [2.05, 4.69) is 16.8 Å². The number of nitrogens with zero attached hydrogens (tertiary/aromatic N) is 1. The monoisotopic (exact) mass is 245 g/mol. The Balaban J connectivity index is 2.86. The molecular weight excluding hydrogens is 234 g/mol. The Morgan fingerprint density at radius 2 is 2.44 bits per heavy atom. The standard InChI is InChI=1S/C8H11N3O4S/c1-2-3-7(8(12)13)11-16(14,15)6-4-9-10-5-6/h2,4-5,7,11H,1,3H2,(H,9,10)(H,12,13). The van der Waals surface area contributed by atoms with Crippen LogP contribution in [0.1, 0.15) is 6.42 Å². The summed E-state index contributed by atoms with van der Waals surface area (Å²) < 4.78 is 25.3. The lowest BCUT2D eigenvalue weighted by atomic mass is 10.2. The van der Waals surface area contributed by atoms with Gasteiger partial charge in [0, 0.05) is 6.20 Å². The zero-order valence-corrected chi connectivity index (χ0v) is 9.07. The average Bonchev–Trinajstić information content (AvgIpc) is 2.69. The number of carbonyl (C=O) groups is 1. The first-order valence-electron chi connectivity index (χ1n) is 4.32. The third-order valence-electron chi connectivity index (χ3n) is 1.78. The molecule has 0 aliphatic carbocycles. The first-order chi connectivity index (χ1) is 7.47. The molecule has 0 fully saturated rings. The van der Waals surface area contributed by atoms with Gasteiger partial charge in [0.05, 0.1) is 6.20 Å². The van der Waals surface area contributed by atoms with E-state index >= 15 is 0 Å². The van der Waals surface area contributed by atoms with Crippen LogP contribution in [-0.4, -0.2) is 35.7 Å². The molecule has 1 unspecified atom stereocenters. The summed E-state index contributed by atoms with van der Waals surface area (Å²) in [6.45, 7) is 3.36. The number of carboxylic acids is 1. The number of carboxylic acid groups (broad SMARTS) is 1. The second-order valence-corrected chi connectivity index (χ2v) is 4.68. The van der Waals surface area contributed by atoms with Crippen molar-refractivity contribution in [1.82, 2.24) is 14.9 Å². The van der Waals surface area contributed by atoms with Crippen molar-refractivity contribution in [2.75, 3.05) is 0 Å². The van der Waals surface area contributed by atoms with Crippen LogP contribution < -0.4 is 4.72 Å². The topological polar surface area (TPSA) is 112 Å². The highest BCUT2D eigenvalue weighted by molar-refractivity contribution is 7.89. The van der Waals surface area contributed by atoms with Crippen LogP contribution in [-0.2, 0) is 14.8 Å². The van der Waals surface area contributed by atoms with Gasteiger partial charge in [-0.3, -0.25) is 9.89 Å². The molecule has 0 aliphatic heterocycles. The molecule has 0 saturated heterocycles. The van der Waals surface area contributed by atoms with Crippen LogP contribution in [0.5, 0.6) is 0 Å². The zero-order valence-electron chi connectivity index (χ0n) is 8.25. The maximum Gasteiger partial charge on any atom is 0.322 e. The van der Waals surface area contributed by atoms with Gasteiger partial charge in [0.15, 0.2) is 0 Å². The molecule has 0 aliphatic rings. The summed E-state index contributed by atoms with van der Waals surface area (Å²) in [6, 6.07) is -1.22. The average molecular weight is 245 g/mol. The molecule has 16 heavy (non-hydrogen) atoms. The Morgan fingerprint density at radius 3 is 2.88 bits per heavy atom. The summed E-state index contributed by atoms with van der Waals surface area (Å²) in [6.07, 6.45) is 3.59. The summed E-state index contributed by atoms with van der Waals surface area (Å²) in [5.74, 6) is -1.26. The third kappa shape index (κ3) is 2.91. The number of hydrogen-bond acceptors (Lipinski definition) is 4. The van der Waals surface area contributed by atoms with Crippen LogP contribution in [0.4, 0.5) is 0 Å². The van der Waals surface area contributed by atoms with Crippen molar-refractivity contribution in [3.8, 4) is 0 Å². The number of H-pyrrole nitrogens is 1. The van der Waals surface area contributed by atoms with Crippen LogP contribution in [0.15, 0.2) is 29.9 Å². The van der Waals surface area contributed by atoms with Crippen LogP contribution in [0, 0.1) is 0 Å². The van der Waals surface area contributed by atoms with Gasteiger partial charge in [-0.15, -0.1) is 6.58 Å². The number of rotatable bonds is 6. The highest BCUT2D eigenvalue weighted by Crippen LogP contribution is 2.07. The van der Waals surface area contributed by atoms with Crippen molar-refractivity contribution in [3.05, 3.63) is 25.0 Å². The van der Waals surface area contributed by atoms with Gasteiger partial charge in [-0.1, -0.05) is 6.08 Å². The van der Waals surface area contributed by atoms with E-state index in [0.717, 1.165) is 12.4 Å². The summed E-state index contributed by atoms with van der Waals surface area (Å²) >= 11 is 0. The quantitative estimate of drug-likeness (QED) is 0.596. The van der Waals surface area contributed by atoms with Crippen LogP contribution in [0.3, 0.4) is 0 Å². The predicted octanol–water partition coefficient (Wildman–Crippen LogP) is -0.283. The SMILES string of the molecule is C=CCC(NS(=O)(=O)c1cn[nH]c1)C(=O)O. The first-order valence-corrected chi connectivity index (χ1v) is 5.80. The van der Waals surface area contributed by atoms with Gasteiger partial charge in [0.2, 0.25) is 10.0 Å². The molecule has 1 heterocycles. The molecule has 1 aromatic heterocycles. The fourth-order valence-electron chi connectivity index (χ4n) is 1.01. The van der Waals surface area contributed by atoms with E-state index in [1.165, 1.54) is 6.08 Å². The largest absolute Gasteiger partial charge is 0.480 e. The second-order valence-electron chi connectivity index (χ2n) is 2.97. The number of aromatic nitrogens is 2. The van der Waals surface area contributed by atoms with E-state index in [1.54, 1.807) is 0 Å². The maximum atomic E-state index is 11.6. The smallest absolute Gasteiger partial charge is 0.322 e. The van der Waals surface area contributed by atoms with Crippen molar-refractivity contribution < 1.29 is 18.3 Å². The van der Waals surface area contributed by atoms with Crippen molar-refractivity contribution in [1.29, 1.82) is 0 Å². The Bertz CT molecular complexity index is 465. The van der Waals surface area contributed by atoms with E-state index in [9.17, 15) is 13.2 Å². The summed E-state index contributed by atoms with van der Waals surface area (Å²) in [5.41, 5.74) is 0. The van der Waals surface area contributed by atoms with Crippen molar-refractivity contribution in [2.45, 2.75) is 17.4 Å². The molecule has 0 amide bonds. The summed E-state index contributed by atoms with van der Waals surface area (Å²) in [5, 5.41) is 14.6. The molecule has 1 atom stereocenters. The first kappa shape index (κ1) is 12.4. The fraction of sp³-hybridized carbons (Fsp3) is 0.250. The van der Waals surface area contributed by atoms with Crippen LogP contribution in [0.2, 0.25) is 0 Å². The number of aromatic amines is 1. The van der Waals surface area contributed by atoms with Gasteiger partial charge in [0.25, 0.3) is 0 Å². The highest BCUT2D eigenvalue weighted by Gasteiger charge is 2.24. The highest BCUT2D eigenvalue weighted by atomic mass is 32.2. The molecule has 7 nitrogen and oxygen atoms in total. The van der Waals surface area contributed by atoms with E-state index in [0.29, 0.717) is 0 Å². The van der Waals surface area contributed by atoms with Crippen molar-refractivity contribution >= 4 is 16.0 Å². The molecule has 8 heteroatoms. The van der Waals surface area contributed by atoms with Gasteiger partial charge in [-0.05, 0) is 6.42 Å². The van der Waals surface area contributed by atoms with E-state index in [4.69, 9.17) is 5.11 Å². The normalized spacial score (nSPS) is 13.2. The molecular formula is C8H11N3O4S. The molecule has 0 radical (unpaired) electrons.